The number of hydrogen-bond donors (Lipinski definition) is 2. The van der Waals surface area contributed by atoms with Crippen LogP contribution in [0.3, 0.4) is 0 Å². The van der Waals surface area contributed by atoms with Gasteiger partial charge in [0, 0.05) is 0 Å². The summed E-state index contributed by atoms with van der Waals surface area (Å²) in [6, 6.07) is 16.7. The van der Waals surface area contributed by atoms with E-state index in [1.54, 1.807) is 48.5 Å². The molecule has 0 aliphatic carbocycles. The van der Waals surface area contributed by atoms with Crippen molar-refractivity contribution < 1.29 is 71.2 Å². The van der Waals surface area contributed by atoms with Crippen LogP contribution in [0.1, 0.15) is 22.8 Å². The van der Waals surface area contributed by atoms with Crippen molar-refractivity contribution in [3.05, 3.63) is 71.8 Å². The monoisotopic (exact) mass is 325 g/mol. The quantitative estimate of drug-likeness (QED) is 0.606. The Balaban J connectivity index is 0.000000397. The molecule has 0 fully saturated rings. The smallest absolute Gasteiger partial charge is 0.545 e. The van der Waals surface area contributed by atoms with Crippen LogP contribution in [0.25, 0.3) is 0 Å². The Kier molecular flexibility index (Phi) is 9.43. The number of aromatic carboxylic acids is 1. The number of amides is 1. The van der Waals surface area contributed by atoms with Gasteiger partial charge in [-0.25, -0.2) is 0 Å². The molecule has 0 radical (unpaired) electrons. The molecule has 0 saturated carbocycles. The number of primary amides is 1. The van der Waals surface area contributed by atoms with E-state index >= 15 is 0 Å². The van der Waals surface area contributed by atoms with Gasteiger partial charge in [-0.15, -0.1) is 0 Å². The summed E-state index contributed by atoms with van der Waals surface area (Å²) in [5.74, 6) is -1.87. The van der Waals surface area contributed by atoms with Crippen LogP contribution in [0, 0.1) is 0 Å². The maximum absolute atomic E-state index is 10.8. The Hall–Kier alpha value is -1.02. The van der Waals surface area contributed by atoms with Gasteiger partial charge in [-0.3, -0.25) is 4.79 Å². The van der Waals surface area contributed by atoms with Crippen molar-refractivity contribution in [2.24, 2.45) is 5.73 Å². The van der Waals surface area contributed by atoms with Crippen LogP contribution >= 0.6 is 0 Å². The molecule has 3 N–H and O–H groups in total. The Labute approximate surface area is 171 Å². The van der Waals surface area contributed by atoms with E-state index in [-0.39, 0.29) is 56.9 Å². The van der Waals surface area contributed by atoms with Crippen LogP contribution < -0.4 is 62.2 Å². The van der Waals surface area contributed by atoms with Gasteiger partial charge < -0.3 is 20.7 Å². The van der Waals surface area contributed by atoms with E-state index in [0.29, 0.717) is 5.56 Å². The number of aliphatic hydroxyl groups is 1. The molecule has 1 unspecified atom stereocenters. The number of rotatable bonds is 3. The first-order valence-corrected chi connectivity index (χ1v) is 6.20. The molecule has 1 atom stereocenters. The third kappa shape index (κ3) is 6.39. The van der Waals surface area contributed by atoms with Crippen LogP contribution in [-0.4, -0.2) is 17.0 Å². The van der Waals surface area contributed by atoms with E-state index in [2.05, 4.69) is 0 Å². The number of carbonyl (C=O) groups is 2. The van der Waals surface area contributed by atoms with Gasteiger partial charge in [0.1, 0.15) is 0 Å². The minimum atomic E-state index is -1.57. The molecule has 22 heavy (non-hydrogen) atoms. The first kappa shape index (κ1) is 21.0. The summed E-state index contributed by atoms with van der Waals surface area (Å²) in [4.78, 5) is 20.9. The number of carboxylic acids is 1. The molecule has 0 heterocycles. The van der Waals surface area contributed by atoms with Gasteiger partial charge in [-0.05, 0) is 18.1 Å². The van der Waals surface area contributed by atoms with Gasteiger partial charge >= 0.3 is 51.4 Å². The van der Waals surface area contributed by atoms with Crippen LogP contribution in [0.15, 0.2) is 60.7 Å². The number of nitrogens with two attached hydrogens (primary N) is 1. The molecule has 110 valence electrons. The Bertz CT molecular complexity index is 600. The molecule has 2 aromatic carbocycles. The molecule has 5 nitrogen and oxygen atoms in total. The summed E-state index contributed by atoms with van der Waals surface area (Å²) in [6.45, 7) is 1.38. The van der Waals surface area contributed by atoms with Gasteiger partial charge in [0.15, 0.2) is 5.60 Å². The fourth-order valence-electron chi connectivity index (χ4n) is 1.48. The number of carboxylic acid groups (broad SMARTS) is 1. The normalized spacial score (nSPS) is 11.9. The minimum Gasteiger partial charge on any atom is -0.545 e. The van der Waals surface area contributed by atoms with Crippen molar-refractivity contribution in [3.8, 4) is 0 Å². The SMILES string of the molecule is CC(O)(C(N)=O)c1ccccc1.O=C([O-])c1ccccc1.[K+]. The number of benzene rings is 2. The largest absolute Gasteiger partial charge is 1.00 e. The molecule has 2 aromatic rings. The summed E-state index contributed by atoms with van der Waals surface area (Å²) >= 11 is 0. The van der Waals surface area contributed by atoms with E-state index in [4.69, 9.17) is 5.73 Å². The van der Waals surface area contributed by atoms with Crippen molar-refractivity contribution in [1.29, 1.82) is 0 Å². The Morgan fingerprint density at radius 3 is 1.73 bits per heavy atom. The molecule has 2 rings (SSSR count). The summed E-state index contributed by atoms with van der Waals surface area (Å²) in [7, 11) is 0. The Morgan fingerprint density at radius 1 is 1.00 bits per heavy atom. The van der Waals surface area contributed by atoms with Crippen LogP contribution in [0.4, 0.5) is 0 Å². The topological polar surface area (TPSA) is 103 Å². The van der Waals surface area contributed by atoms with E-state index in [1.165, 1.54) is 19.1 Å². The zero-order chi connectivity index (χ0) is 15.9. The van der Waals surface area contributed by atoms with Crippen molar-refractivity contribution in [2.45, 2.75) is 12.5 Å². The van der Waals surface area contributed by atoms with Gasteiger partial charge in [0.25, 0.3) is 5.91 Å². The van der Waals surface area contributed by atoms with Crippen molar-refractivity contribution in [2.75, 3.05) is 0 Å². The van der Waals surface area contributed by atoms with Crippen molar-refractivity contribution in [1.82, 2.24) is 0 Å². The predicted octanol–water partition coefficient (Wildman–Crippen LogP) is -2.57. The first-order valence-electron chi connectivity index (χ1n) is 6.20. The van der Waals surface area contributed by atoms with Gasteiger partial charge in [0.05, 0.1) is 5.97 Å². The third-order valence-corrected chi connectivity index (χ3v) is 2.83. The van der Waals surface area contributed by atoms with Gasteiger partial charge in [0.2, 0.25) is 0 Å². The predicted molar refractivity (Wildman–Crippen MR) is 76.0 cm³/mol. The van der Waals surface area contributed by atoms with Crippen molar-refractivity contribution >= 4 is 11.9 Å². The van der Waals surface area contributed by atoms with Gasteiger partial charge in [-0.2, -0.15) is 0 Å². The summed E-state index contributed by atoms with van der Waals surface area (Å²) in [5.41, 5.74) is 4.18. The third-order valence-electron chi connectivity index (χ3n) is 2.83. The summed E-state index contributed by atoms with van der Waals surface area (Å²) < 4.78 is 0. The maximum Gasteiger partial charge on any atom is 1.00 e. The first-order chi connectivity index (χ1) is 9.85. The maximum atomic E-state index is 10.8. The molecule has 0 aromatic heterocycles. The van der Waals surface area contributed by atoms with E-state index in [0.717, 1.165) is 0 Å². The molecule has 0 aliphatic heterocycles. The fourth-order valence-corrected chi connectivity index (χ4v) is 1.48. The van der Waals surface area contributed by atoms with Gasteiger partial charge in [-0.1, -0.05) is 60.7 Å². The average molecular weight is 325 g/mol. The Morgan fingerprint density at radius 2 is 1.41 bits per heavy atom. The fraction of sp³-hybridized carbons (Fsp3) is 0.125. The molecule has 0 saturated heterocycles. The number of carbonyl (C=O) groups excluding carboxylic acids is 2. The standard InChI is InChI=1S/C9H11NO2.C7H6O2.K/c1-9(12,8(10)11)7-5-3-2-4-6-7;8-7(9)6-4-2-1-3-5-6;/h2-6,12H,1H3,(H2,10,11);1-5H,(H,8,9);/q;;+1/p-1. The zero-order valence-electron chi connectivity index (χ0n) is 12.5. The van der Waals surface area contributed by atoms with Crippen molar-refractivity contribution in [3.63, 3.8) is 0 Å². The molecular formula is C16H16KNO4. The molecule has 6 heteroatoms. The van der Waals surface area contributed by atoms with Crippen LogP contribution in [0.2, 0.25) is 0 Å². The van der Waals surface area contributed by atoms with E-state index in [1.807, 2.05) is 0 Å². The second-order valence-corrected chi connectivity index (χ2v) is 4.46. The zero-order valence-corrected chi connectivity index (χ0v) is 15.6. The van der Waals surface area contributed by atoms with E-state index < -0.39 is 17.5 Å². The van der Waals surface area contributed by atoms with Crippen LogP contribution in [-0.2, 0) is 10.4 Å². The molecule has 0 spiro atoms. The molecule has 0 aliphatic rings. The van der Waals surface area contributed by atoms with Crippen LogP contribution in [0.5, 0.6) is 0 Å². The summed E-state index contributed by atoms with van der Waals surface area (Å²) in [6.07, 6.45) is 0. The molecular weight excluding hydrogens is 309 g/mol. The number of hydrogen-bond acceptors (Lipinski definition) is 4. The molecule has 1 amide bonds. The van der Waals surface area contributed by atoms with E-state index in [9.17, 15) is 19.8 Å². The summed E-state index contributed by atoms with van der Waals surface area (Å²) in [5, 5.41) is 19.7. The second-order valence-electron chi connectivity index (χ2n) is 4.46. The molecule has 0 bridgehead atoms. The minimum absolute atomic E-state index is 0. The average Bonchev–Trinajstić information content (AvgIpc) is 2.49. The second kappa shape index (κ2) is 9.88.